The Labute approximate surface area is 191 Å². The highest BCUT2D eigenvalue weighted by Crippen LogP contribution is 2.27. The van der Waals surface area contributed by atoms with Crippen LogP contribution in [0.15, 0.2) is 53.6 Å². The van der Waals surface area contributed by atoms with Gasteiger partial charge in [-0.05, 0) is 50.6 Å². The zero-order chi connectivity index (χ0) is 21.7. The first-order chi connectivity index (χ1) is 14.3. The van der Waals surface area contributed by atoms with Gasteiger partial charge in [-0.2, -0.15) is 5.10 Å². The molecule has 7 heteroatoms. The molecule has 1 N–H and O–H groups in total. The summed E-state index contributed by atoms with van der Waals surface area (Å²) in [6.45, 7) is 6.06. The summed E-state index contributed by atoms with van der Waals surface area (Å²) in [5.41, 5.74) is 8.92. The zero-order valence-corrected chi connectivity index (χ0v) is 19.4. The molecule has 0 aliphatic carbocycles. The van der Waals surface area contributed by atoms with Gasteiger partial charge in [0.05, 0.1) is 22.0 Å². The fourth-order valence-electron chi connectivity index (χ4n) is 3.09. The Morgan fingerprint density at radius 1 is 1.07 bits per heavy atom. The molecule has 3 aromatic rings. The maximum Gasteiger partial charge on any atom is 0.250 e. The summed E-state index contributed by atoms with van der Waals surface area (Å²) >= 11 is 13.7. The number of hydrogen-bond donors (Lipinski definition) is 1. The van der Waals surface area contributed by atoms with Crippen molar-refractivity contribution >= 4 is 47.1 Å². The molecular formula is C23H23Cl2N3OS. The van der Waals surface area contributed by atoms with E-state index in [1.165, 1.54) is 11.1 Å². The molecular weight excluding hydrogens is 437 g/mol. The first-order valence-corrected chi connectivity index (χ1v) is 11.4. The number of nitrogens with zero attached hydrogens (tertiary/aromatic N) is 2. The van der Waals surface area contributed by atoms with Crippen LogP contribution < -0.4 is 5.43 Å². The number of rotatable bonds is 7. The van der Waals surface area contributed by atoms with Gasteiger partial charge in [-0.1, -0.05) is 53.0 Å². The summed E-state index contributed by atoms with van der Waals surface area (Å²) in [5, 5.41) is 5.15. The topological polar surface area (TPSA) is 46.4 Å². The standard InChI is InChI=1S/C23H23Cl2N3OS/c1-15-4-6-18(7-5-15)13-30-14-23(29)27-26-12-19-10-16(2)28(17(19)3)20-8-9-21(24)22(25)11-20/h4-12H,13-14H2,1-3H3,(H,27,29)/b26-12+. The molecule has 156 valence electrons. The predicted molar refractivity (Wildman–Crippen MR) is 128 cm³/mol. The van der Waals surface area contributed by atoms with Gasteiger partial charge in [0.1, 0.15) is 0 Å². The van der Waals surface area contributed by atoms with E-state index in [2.05, 4.69) is 46.3 Å². The van der Waals surface area contributed by atoms with Crippen molar-refractivity contribution in [3.8, 4) is 5.69 Å². The summed E-state index contributed by atoms with van der Waals surface area (Å²) in [4.78, 5) is 12.0. The number of aromatic nitrogens is 1. The number of carbonyl (C=O) groups excluding carboxylic acids is 1. The van der Waals surface area contributed by atoms with Crippen molar-refractivity contribution in [2.24, 2.45) is 5.10 Å². The van der Waals surface area contributed by atoms with E-state index in [9.17, 15) is 4.79 Å². The van der Waals surface area contributed by atoms with E-state index in [0.717, 1.165) is 28.4 Å². The van der Waals surface area contributed by atoms with Crippen molar-refractivity contribution in [3.63, 3.8) is 0 Å². The Balaban J connectivity index is 1.57. The largest absolute Gasteiger partial charge is 0.318 e. The molecule has 0 spiro atoms. The van der Waals surface area contributed by atoms with Gasteiger partial charge in [0.2, 0.25) is 5.91 Å². The number of aryl methyl sites for hydroxylation is 2. The molecule has 1 amide bonds. The van der Waals surface area contributed by atoms with Crippen molar-refractivity contribution in [1.29, 1.82) is 0 Å². The van der Waals surface area contributed by atoms with Gasteiger partial charge in [-0.25, -0.2) is 5.43 Å². The average Bonchev–Trinajstić information content (AvgIpc) is 2.99. The second-order valence-corrected chi connectivity index (χ2v) is 8.83. The molecule has 1 aromatic heterocycles. The van der Waals surface area contributed by atoms with Crippen molar-refractivity contribution in [3.05, 3.63) is 86.7 Å². The molecule has 1 heterocycles. The molecule has 3 rings (SSSR count). The molecule has 0 aliphatic heterocycles. The van der Waals surface area contributed by atoms with E-state index < -0.39 is 0 Å². The molecule has 0 bridgehead atoms. The van der Waals surface area contributed by atoms with Crippen LogP contribution in [-0.4, -0.2) is 22.4 Å². The minimum atomic E-state index is -0.123. The Morgan fingerprint density at radius 2 is 1.80 bits per heavy atom. The van der Waals surface area contributed by atoms with Crippen molar-refractivity contribution in [2.45, 2.75) is 26.5 Å². The number of hydrazone groups is 1. The van der Waals surface area contributed by atoms with Gasteiger partial charge in [0.15, 0.2) is 0 Å². The van der Waals surface area contributed by atoms with Gasteiger partial charge < -0.3 is 4.57 Å². The third-order valence-electron chi connectivity index (χ3n) is 4.65. The Hall–Kier alpha value is -2.21. The molecule has 0 unspecified atom stereocenters. The first kappa shape index (κ1) is 22.5. The Bertz CT molecular complexity index is 1070. The lowest BCUT2D eigenvalue weighted by Gasteiger charge is -2.10. The molecule has 2 aromatic carbocycles. The summed E-state index contributed by atoms with van der Waals surface area (Å²) in [7, 11) is 0. The number of thioether (sulfide) groups is 1. The van der Waals surface area contributed by atoms with Gasteiger partial charge in [0, 0.05) is 28.4 Å². The van der Waals surface area contributed by atoms with Crippen molar-refractivity contribution < 1.29 is 4.79 Å². The summed E-state index contributed by atoms with van der Waals surface area (Å²) < 4.78 is 2.07. The molecule has 0 radical (unpaired) electrons. The fourth-order valence-corrected chi connectivity index (χ4v) is 4.16. The van der Waals surface area contributed by atoms with E-state index in [4.69, 9.17) is 23.2 Å². The molecule has 4 nitrogen and oxygen atoms in total. The average molecular weight is 460 g/mol. The quantitative estimate of drug-likeness (QED) is 0.343. The third-order valence-corrected chi connectivity index (χ3v) is 6.39. The van der Waals surface area contributed by atoms with Gasteiger partial charge in [0.25, 0.3) is 0 Å². The summed E-state index contributed by atoms with van der Waals surface area (Å²) in [6, 6.07) is 15.9. The van der Waals surface area contributed by atoms with E-state index >= 15 is 0 Å². The lowest BCUT2D eigenvalue weighted by Crippen LogP contribution is -2.19. The second kappa shape index (κ2) is 10.2. The Morgan fingerprint density at radius 3 is 2.50 bits per heavy atom. The number of nitrogens with one attached hydrogen (secondary N) is 1. The van der Waals surface area contributed by atoms with E-state index in [1.54, 1.807) is 24.0 Å². The van der Waals surface area contributed by atoms with Crippen LogP contribution in [0.25, 0.3) is 5.69 Å². The molecule has 0 atom stereocenters. The van der Waals surface area contributed by atoms with E-state index in [0.29, 0.717) is 15.8 Å². The van der Waals surface area contributed by atoms with Crippen LogP contribution in [0.1, 0.15) is 28.1 Å². The normalized spacial score (nSPS) is 11.2. The van der Waals surface area contributed by atoms with Gasteiger partial charge in [-0.15, -0.1) is 11.8 Å². The number of carbonyl (C=O) groups is 1. The van der Waals surface area contributed by atoms with Gasteiger partial charge >= 0.3 is 0 Å². The second-order valence-electron chi connectivity index (χ2n) is 7.03. The van der Waals surface area contributed by atoms with E-state index in [-0.39, 0.29) is 5.91 Å². The van der Waals surface area contributed by atoms with Gasteiger partial charge in [-0.3, -0.25) is 4.79 Å². The highest BCUT2D eigenvalue weighted by atomic mass is 35.5. The van der Waals surface area contributed by atoms with Crippen LogP contribution in [0.3, 0.4) is 0 Å². The maximum absolute atomic E-state index is 12.0. The van der Waals surface area contributed by atoms with Crippen molar-refractivity contribution in [2.75, 3.05) is 5.75 Å². The van der Waals surface area contributed by atoms with Crippen LogP contribution in [0.4, 0.5) is 0 Å². The SMILES string of the molecule is Cc1ccc(CSCC(=O)N/N=C/c2cc(C)n(-c3ccc(Cl)c(Cl)c3)c2C)cc1. The summed E-state index contributed by atoms with van der Waals surface area (Å²) in [5.74, 6) is 1.03. The minimum Gasteiger partial charge on any atom is -0.318 e. The smallest absolute Gasteiger partial charge is 0.250 e. The number of amides is 1. The summed E-state index contributed by atoms with van der Waals surface area (Å²) in [6.07, 6.45) is 1.67. The monoisotopic (exact) mass is 459 g/mol. The van der Waals surface area contributed by atoms with Crippen LogP contribution in [-0.2, 0) is 10.5 Å². The molecule has 0 saturated carbocycles. The Kier molecular flexibility index (Phi) is 7.64. The number of hydrogen-bond acceptors (Lipinski definition) is 3. The number of benzene rings is 2. The van der Waals surface area contributed by atoms with Crippen LogP contribution in [0, 0.1) is 20.8 Å². The van der Waals surface area contributed by atoms with Crippen LogP contribution >= 0.6 is 35.0 Å². The highest BCUT2D eigenvalue weighted by molar-refractivity contribution is 7.99. The highest BCUT2D eigenvalue weighted by Gasteiger charge is 2.11. The molecule has 0 fully saturated rings. The maximum atomic E-state index is 12.0. The lowest BCUT2D eigenvalue weighted by molar-refractivity contribution is -0.118. The minimum absolute atomic E-state index is 0.123. The first-order valence-electron chi connectivity index (χ1n) is 9.44. The zero-order valence-electron chi connectivity index (χ0n) is 17.1. The molecule has 0 saturated heterocycles. The van der Waals surface area contributed by atoms with Crippen LogP contribution in [0.2, 0.25) is 10.0 Å². The van der Waals surface area contributed by atoms with Crippen molar-refractivity contribution in [1.82, 2.24) is 9.99 Å². The fraction of sp³-hybridized carbons (Fsp3) is 0.217. The number of halogens is 2. The third kappa shape index (κ3) is 5.69. The molecule has 0 aliphatic rings. The lowest BCUT2D eigenvalue weighted by atomic mass is 10.2. The van der Waals surface area contributed by atoms with Crippen LogP contribution in [0.5, 0.6) is 0 Å². The molecule has 30 heavy (non-hydrogen) atoms. The van der Waals surface area contributed by atoms with E-state index in [1.807, 2.05) is 32.0 Å². The predicted octanol–water partition coefficient (Wildman–Crippen LogP) is 6.09.